The second kappa shape index (κ2) is 8.21. The van der Waals surface area contributed by atoms with E-state index in [0.29, 0.717) is 11.5 Å². The molecule has 4 nitrogen and oxygen atoms in total. The molecule has 0 heterocycles. The molecule has 0 unspecified atom stereocenters. The lowest BCUT2D eigenvalue weighted by Crippen LogP contribution is -2.29. The largest absolute Gasteiger partial charge is 0.497 e. The van der Waals surface area contributed by atoms with E-state index in [1.165, 1.54) is 0 Å². The third kappa shape index (κ3) is 4.42. The molecule has 0 radical (unpaired) electrons. The van der Waals surface area contributed by atoms with E-state index in [2.05, 4.69) is 0 Å². The molecule has 3 aromatic carbocycles. The van der Waals surface area contributed by atoms with Gasteiger partial charge in [-0.05, 0) is 41.0 Å². The number of aliphatic carboxylic acids is 1. The van der Waals surface area contributed by atoms with Crippen LogP contribution in [0.5, 0.6) is 11.5 Å². The minimum atomic E-state index is -1.00. The number of benzene rings is 3. The number of carbonyl (C=O) groups is 1. The van der Waals surface area contributed by atoms with Gasteiger partial charge in [-0.25, -0.2) is 4.79 Å². The lowest BCUT2D eigenvalue weighted by atomic mass is 10.1. The van der Waals surface area contributed by atoms with Crippen LogP contribution in [0.15, 0.2) is 78.9 Å². The molecule has 0 aliphatic heterocycles. The molecule has 1 N–H and O–H groups in total. The summed E-state index contributed by atoms with van der Waals surface area (Å²) in [4.78, 5) is 11.6. The molecular formula is C22H20O4. The van der Waals surface area contributed by atoms with Gasteiger partial charge in [0.25, 0.3) is 0 Å². The Morgan fingerprint density at radius 2 is 1.58 bits per heavy atom. The van der Waals surface area contributed by atoms with Crippen LogP contribution < -0.4 is 9.47 Å². The predicted octanol–water partition coefficient (Wildman–Crippen LogP) is 4.44. The molecule has 1 atom stereocenters. The van der Waals surface area contributed by atoms with E-state index in [1.807, 2.05) is 66.7 Å². The SMILES string of the molecule is COc1cccc(C[C@H](Oc2ccc(-c3ccccc3)cc2)C(=O)O)c1. The van der Waals surface area contributed by atoms with Crippen molar-refractivity contribution >= 4 is 5.97 Å². The Hall–Kier alpha value is -3.27. The molecule has 0 aromatic heterocycles. The summed E-state index contributed by atoms with van der Waals surface area (Å²) in [6.07, 6.45) is -0.711. The number of hydrogen-bond donors (Lipinski definition) is 1. The molecule has 0 saturated heterocycles. The molecule has 0 amide bonds. The highest BCUT2D eigenvalue weighted by atomic mass is 16.5. The minimum Gasteiger partial charge on any atom is -0.497 e. The maximum atomic E-state index is 11.6. The van der Waals surface area contributed by atoms with Crippen LogP contribution in [0.3, 0.4) is 0 Å². The Morgan fingerprint density at radius 1 is 0.885 bits per heavy atom. The summed E-state index contributed by atoms with van der Waals surface area (Å²) in [7, 11) is 1.58. The first-order chi connectivity index (χ1) is 12.7. The molecule has 26 heavy (non-hydrogen) atoms. The number of carboxylic acid groups (broad SMARTS) is 1. The molecule has 0 spiro atoms. The molecule has 3 aromatic rings. The van der Waals surface area contributed by atoms with Crippen molar-refractivity contribution < 1.29 is 19.4 Å². The number of hydrogen-bond acceptors (Lipinski definition) is 3. The van der Waals surface area contributed by atoms with Crippen molar-refractivity contribution in [3.05, 3.63) is 84.4 Å². The van der Waals surface area contributed by atoms with Crippen molar-refractivity contribution in [1.82, 2.24) is 0 Å². The van der Waals surface area contributed by atoms with Crippen molar-refractivity contribution in [2.75, 3.05) is 7.11 Å². The summed E-state index contributed by atoms with van der Waals surface area (Å²) in [6, 6.07) is 24.8. The molecule has 4 heteroatoms. The number of rotatable bonds is 7. The minimum absolute atomic E-state index is 0.257. The average molecular weight is 348 g/mol. The van der Waals surface area contributed by atoms with Gasteiger partial charge in [0.05, 0.1) is 7.11 Å². The Balaban J connectivity index is 1.72. The van der Waals surface area contributed by atoms with Crippen molar-refractivity contribution in [3.8, 4) is 22.6 Å². The van der Waals surface area contributed by atoms with E-state index in [1.54, 1.807) is 19.2 Å². The van der Waals surface area contributed by atoms with E-state index in [4.69, 9.17) is 9.47 Å². The van der Waals surface area contributed by atoms with Gasteiger partial charge in [0.15, 0.2) is 6.10 Å². The van der Waals surface area contributed by atoms with Crippen LogP contribution in [-0.4, -0.2) is 24.3 Å². The lowest BCUT2D eigenvalue weighted by molar-refractivity contribution is -0.145. The molecular weight excluding hydrogens is 328 g/mol. The summed E-state index contributed by atoms with van der Waals surface area (Å²) in [5, 5.41) is 9.50. The quantitative estimate of drug-likeness (QED) is 0.686. The zero-order chi connectivity index (χ0) is 18.4. The zero-order valence-corrected chi connectivity index (χ0v) is 14.5. The zero-order valence-electron chi connectivity index (χ0n) is 14.5. The standard InChI is InChI=1S/C22H20O4/c1-25-20-9-5-6-16(14-20)15-21(22(23)24)26-19-12-10-18(11-13-19)17-7-3-2-4-8-17/h2-14,21H,15H2,1H3,(H,23,24)/t21-/m0/s1. The topological polar surface area (TPSA) is 55.8 Å². The van der Waals surface area contributed by atoms with Crippen LogP contribution in [-0.2, 0) is 11.2 Å². The van der Waals surface area contributed by atoms with Crippen molar-refractivity contribution in [3.63, 3.8) is 0 Å². The highest BCUT2D eigenvalue weighted by Crippen LogP contribution is 2.23. The third-order valence-corrected chi connectivity index (χ3v) is 4.07. The van der Waals surface area contributed by atoms with Crippen LogP contribution in [0.1, 0.15) is 5.56 Å². The summed E-state index contributed by atoms with van der Waals surface area (Å²) in [5.41, 5.74) is 3.00. The highest BCUT2D eigenvalue weighted by Gasteiger charge is 2.20. The van der Waals surface area contributed by atoms with Crippen LogP contribution >= 0.6 is 0 Å². The Morgan fingerprint density at radius 3 is 2.23 bits per heavy atom. The Labute approximate surface area is 152 Å². The molecule has 0 bridgehead atoms. The van der Waals surface area contributed by atoms with Gasteiger partial charge in [-0.1, -0.05) is 54.6 Å². The Kier molecular flexibility index (Phi) is 5.54. The fraction of sp³-hybridized carbons (Fsp3) is 0.136. The van der Waals surface area contributed by atoms with Crippen molar-refractivity contribution in [2.45, 2.75) is 12.5 Å². The van der Waals surface area contributed by atoms with Crippen LogP contribution in [0.2, 0.25) is 0 Å². The first kappa shape index (κ1) is 17.5. The average Bonchev–Trinajstić information content (AvgIpc) is 2.69. The van der Waals surface area contributed by atoms with Crippen LogP contribution in [0, 0.1) is 0 Å². The molecule has 0 aliphatic carbocycles. The van der Waals surface area contributed by atoms with Gasteiger partial charge in [0.1, 0.15) is 11.5 Å². The van der Waals surface area contributed by atoms with Gasteiger partial charge < -0.3 is 14.6 Å². The third-order valence-electron chi connectivity index (χ3n) is 4.07. The summed E-state index contributed by atoms with van der Waals surface area (Å²) in [6.45, 7) is 0. The smallest absolute Gasteiger partial charge is 0.345 e. The summed E-state index contributed by atoms with van der Waals surface area (Å²) < 4.78 is 10.9. The normalized spacial score (nSPS) is 11.6. The second-order valence-electron chi connectivity index (χ2n) is 5.89. The summed E-state index contributed by atoms with van der Waals surface area (Å²) in [5.74, 6) is 0.221. The molecule has 0 aliphatic rings. The highest BCUT2D eigenvalue weighted by molar-refractivity contribution is 5.73. The lowest BCUT2D eigenvalue weighted by Gasteiger charge is -2.16. The second-order valence-corrected chi connectivity index (χ2v) is 5.89. The fourth-order valence-corrected chi connectivity index (χ4v) is 2.71. The van der Waals surface area contributed by atoms with Gasteiger partial charge in [-0.15, -0.1) is 0 Å². The van der Waals surface area contributed by atoms with Gasteiger partial charge in [0.2, 0.25) is 0 Å². The van der Waals surface area contributed by atoms with Gasteiger partial charge in [0, 0.05) is 6.42 Å². The predicted molar refractivity (Wildman–Crippen MR) is 101 cm³/mol. The van der Waals surface area contributed by atoms with E-state index in [-0.39, 0.29) is 6.42 Å². The van der Waals surface area contributed by atoms with Crippen molar-refractivity contribution in [1.29, 1.82) is 0 Å². The van der Waals surface area contributed by atoms with Crippen LogP contribution in [0.4, 0.5) is 0 Å². The van der Waals surface area contributed by atoms with E-state index in [0.717, 1.165) is 16.7 Å². The molecule has 3 rings (SSSR count). The van der Waals surface area contributed by atoms with E-state index < -0.39 is 12.1 Å². The van der Waals surface area contributed by atoms with Gasteiger partial charge in [-0.3, -0.25) is 0 Å². The number of carboxylic acids is 1. The monoisotopic (exact) mass is 348 g/mol. The number of methoxy groups -OCH3 is 1. The fourth-order valence-electron chi connectivity index (χ4n) is 2.71. The van der Waals surface area contributed by atoms with Crippen LogP contribution in [0.25, 0.3) is 11.1 Å². The number of ether oxygens (including phenoxy) is 2. The summed E-state index contributed by atoms with van der Waals surface area (Å²) >= 11 is 0. The maximum absolute atomic E-state index is 11.6. The molecule has 132 valence electrons. The first-order valence-corrected chi connectivity index (χ1v) is 8.33. The Bertz CT molecular complexity index is 857. The molecule has 0 saturated carbocycles. The van der Waals surface area contributed by atoms with Crippen molar-refractivity contribution in [2.24, 2.45) is 0 Å². The van der Waals surface area contributed by atoms with Gasteiger partial charge in [-0.2, -0.15) is 0 Å². The van der Waals surface area contributed by atoms with E-state index in [9.17, 15) is 9.90 Å². The maximum Gasteiger partial charge on any atom is 0.345 e. The van der Waals surface area contributed by atoms with Gasteiger partial charge >= 0.3 is 5.97 Å². The first-order valence-electron chi connectivity index (χ1n) is 8.33. The van der Waals surface area contributed by atoms with E-state index >= 15 is 0 Å². The molecule has 0 fully saturated rings.